The molecular weight excluding hydrogens is 370 g/mol. The third kappa shape index (κ3) is 3.22. The van der Waals surface area contributed by atoms with Crippen molar-refractivity contribution in [3.8, 4) is 5.75 Å². The molecule has 2 aromatic carbocycles. The number of fused-ring (bicyclic) bond motifs is 2. The van der Waals surface area contributed by atoms with E-state index in [0.717, 1.165) is 65.5 Å². The summed E-state index contributed by atoms with van der Waals surface area (Å²) in [5, 5.41) is 6.58. The lowest BCUT2D eigenvalue weighted by Gasteiger charge is -2.36. The number of carbonyl (C=O) groups excluding carboxylic acids is 1. The van der Waals surface area contributed by atoms with E-state index in [2.05, 4.69) is 34.1 Å². The Labute approximate surface area is 170 Å². The first kappa shape index (κ1) is 18.7. The molecule has 0 atom stereocenters. The van der Waals surface area contributed by atoms with Crippen LogP contribution in [0.5, 0.6) is 5.75 Å². The molecule has 28 heavy (non-hydrogen) atoms. The molecule has 2 aliphatic rings. The zero-order valence-electron chi connectivity index (χ0n) is 16.0. The molecule has 0 bridgehead atoms. The Hall–Kier alpha value is -2.60. The van der Waals surface area contributed by atoms with E-state index in [-0.39, 0.29) is 11.3 Å². The van der Waals surface area contributed by atoms with Crippen molar-refractivity contribution in [1.82, 2.24) is 0 Å². The van der Waals surface area contributed by atoms with Crippen molar-refractivity contribution >= 4 is 34.9 Å². The smallest absolute Gasteiger partial charge is 0.235 e. The van der Waals surface area contributed by atoms with Crippen molar-refractivity contribution in [3.63, 3.8) is 0 Å². The maximum Gasteiger partial charge on any atom is 0.235 e. The van der Waals surface area contributed by atoms with Crippen LogP contribution < -0.4 is 20.1 Å². The van der Waals surface area contributed by atoms with Gasteiger partial charge < -0.3 is 20.1 Å². The zero-order chi connectivity index (χ0) is 19.6. The van der Waals surface area contributed by atoms with Gasteiger partial charge in [-0.2, -0.15) is 0 Å². The molecule has 2 aromatic rings. The average Bonchev–Trinajstić information content (AvgIpc) is 2.99. The number of nitrogens with one attached hydrogen (secondary N) is 3. The van der Waals surface area contributed by atoms with Crippen LogP contribution in [0.2, 0.25) is 0 Å². The standard InChI is InChI=1S/C22H25N3O2S/c1-3-4-12-23-17-14-15(25-28-19-9-6-5-8-18(19)27-2)13-16-20(17)24-21(26)22(16)10-7-11-22/h3,5-6,8-9,13-14,23,25H,1,4,7,10-12H2,2H3,(H,24,26). The number of amides is 1. The van der Waals surface area contributed by atoms with Gasteiger partial charge in [-0.05, 0) is 61.0 Å². The van der Waals surface area contributed by atoms with Crippen LogP contribution in [-0.2, 0) is 10.2 Å². The summed E-state index contributed by atoms with van der Waals surface area (Å²) in [5.41, 5.74) is 3.62. The molecule has 1 fully saturated rings. The van der Waals surface area contributed by atoms with Gasteiger partial charge in [0.15, 0.2) is 0 Å². The fourth-order valence-electron chi connectivity index (χ4n) is 3.86. The summed E-state index contributed by atoms with van der Waals surface area (Å²) < 4.78 is 8.87. The van der Waals surface area contributed by atoms with Gasteiger partial charge >= 0.3 is 0 Å². The first-order valence-corrected chi connectivity index (χ1v) is 10.4. The van der Waals surface area contributed by atoms with Gasteiger partial charge in [0.2, 0.25) is 5.91 Å². The zero-order valence-corrected chi connectivity index (χ0v) is 16.8. The Kier molecular flexibility index (Phi) is 5.22. The molecule has 1 spiro atoms. The molecule has 1 saturated carbocycles. The predicted octanol–water partition coefficient (Wildman–Crippen LogP) is 5.18. The van der Waals surface area contributed by atoms with Crippen molar-refractivity contribution in [1.29, 1.82) is 0 Å². The van der Waals surface area contributed by atoms with E-state index < -0.39 is 0 Å². The summed E-state index contributed by atoms with van der Waals surface area (Å²) in [6.07, 6.45) is 5.68. The van der Waals surface area contributed by atoms with E-state index in [9.17, 15) is 4.79 Å². The van der Waals surface area contributed by atoms with Crippen LogP contribution in [0.4, 0.5) is 17.1 Å². The summed E-state index contributed by atoms with van der Waals surface area (Å²) in [6, 6.07) is 12.1. The first-order chi connectivity index (χ1) is 13.7. The van der Waals surface area contributed by atoms with Gasteiger partial charge in [-0.3, -0.25) is 4.79 Å². The third-order valence-electron chi connectivity index (χ3n) is 5.55. The van der Waals surface area contributed by atoms with Gasteiger partial charge in [0.25, 0.3) is 0 Å². The third-order valence-corrected chi connectivity index (χ3v) is 6.44. The molecule has 6 heteroatoms. The maximum atomic E-state index is 12.7. The number of hydrogen-bond donors (Lipinski definition) is 3. The van der Waals surface area contributed by atoms with Crippen molar-refractivity contribution in [2.75, 3.05) is 29.0 Å². The largest absolute Gasteiger partial charge is 0.496 e. The van der Waals surface area contributed by atoms with Crippen LogP contribution in [0.3, 0.4) is 0 Å². The molecule has 146 valence electrons. The van der Waals surface area contributed by atoms with Crippen molar-refractivity contribution < 1.29 is 9.53 Å². The molecule has 0 saturated heterocycles. The lowest BCUT2D eigenvalue weighted by Crippen LogP contribution is -2.40. The number of methoxy groups -OCH3 is 1. The van der Waals surface area contributed by atoms with E-state index in [0.29, 0.717) is 0 Å². The Morgan fingerprint density at radius 3 is 2.86 bits per heavy atom. The average molecular weight is 396 g/mol. The van der Waals surface area contributed by atoms with E-state index in [1.165, 1.54) is 11.9 Å². The molecule has 0 aromatic heterocycles. The number of carbonyl (C=O) groups is 1. The minimum atomic E-state index is -0.350. The summed E-state index contributed by atoms with van der Waals surface area (Å²) in [6.45, 7) is 4.56. The van der Waals surface area contributed by atoms with Crippen LogP contribution in [0.1, 0.15) is 31.2 Å². The van der Waals surface area contributed by atoms with Gasteiger partial charge in [0.1, 0.15) is 5.75 Å². The summed E-state index contributed by atoms with van der Waals surface area (Å²) in [4.78, 5) is 13.7. The van der Waals surface area contributed by atoms with Crippen LogP contribution in [0.25, 0.3) is 0 Å². The van der Waals surface area contributed by atoms with Gasteiger partial charge in [0.05, 0.1) is 28.8 Å². The highest BCUT2D eigenvalue weighted by Crippen LogP contribution is 2.54. The van der Waals surface area contributed by atoms with Crippen molar-refractivity contribution in [3.05, 3.63) is 54.6 Å². The normalized spacial score (nSPS) is 16.1. The van der Waals surface area contributed by atoms with Crippen molar-refractivity contribution in [2.45, 2.75) is 36.0 Å². The van der Waals surface area contributed by atoms with E-state index in [1.54, 1.807) is 7.11 Å². The second-order valence-corrected chi connectivity index (χ2v) is 8.04. The number of para-hydroxylation sites is 1. The molecule has 0 radical (unpaired) electrons. The second kappa shape index (κ2) is 7.80. The number of ether oxygens (including phenoxy) is 1. The molecule has 1 aliphatic heterocycles. The number of anilines is 3. The molecule has 4 rings (SSSR count). The highest BCUT2D eigenvalue weighted by molar-refractivity contribution is 8.00. The Morgan fingerprint density at radius 1 is 1.32 bits per heavy atom. The van der Waals surface area contributed by atoms with Gasteiger partial charge in [-0.15, -0.1) is 6.58 Å². The summed E-state index contributed by atoms with van der Waals surface area (Å²) in [5.74, 6) is 0.966. The Morgan fingerprint density at radius 2 is 2.14 bits per heavy atom. The minimum absolute atomic E-state index is 0.134. The van der Waals surface area contributed by atoms with E-state index in [1.807, 2.05) is 30.3 Å². The number of hydrogen-bond acceptors (Lipinski definition) is 5. The fraction of sp³-hybridized carbons (Fsp3) is 0.318. The highest BCUT2D eigenvalue weighted by Gasteiger charge is 2.51. The summed E-state index contributed by atoms with van der Waals surface area (Å²) in [7, 11) is 1.67. The van der Waals surface area contributed by atoms with Gasteiger partial charge in [-0.25, -0.2) is 0 Å². The quantitative estimate of drug-likeness (QED) is 0.327. The second-order valence-electron chi connectivity index (χ2n) is 7.20. The number of benzene rings is 2. The molecule has 5 nitrogen and oxygen atoms in total. The molecule has 1 heterocycles. The lowest BCUT2D eigenvalue weighted by molar-refractivity contribution is -0.123. The predicted molar refractivity (Wildman–Crippen MR) is 116 cm³/mol. The van der Waals surface area contributed by atoms with Crippen LogP contribution in [0.15, 0.2) is 53.9 Å². The van der Waals surface area contributed by atoms with Crippen LogP contribution in [-0.4, -0.2) is 19.6 Å². The van der Waals surface area contributed by atoms with Crippen LogP contribution >= 0.6 is 11.9 Å². The monoisotopic (exact) mass is 395 g/mol. The topological polar surface area (TPSA) is 62.4 Å². The van der Waals surface area contributed by atoms with Crippen LogP contribution in [0, 0.1) is 0 Å². The fourth-order valence-corrected chi connectivity index (χ4v) is 4.60. The van der Waals surface area contributed by atoms with Gasteiger partial charge in [-0.1, -0.05) is 24.6 Å². The number of rotatable bonds is 8. The molecule has 3 N–H and O–H groups in total. The Balaban J connectivity index is 1.63. The molecule has 1 amide bonds. The Bertz CT molecular complexity index is 909. The van der Waals surface area contributed by atoms with Crippen molar-refractivity contribution in [2.24, 2.45) is 0 Å². The van der Waals surface area contributed by atoms with E-state index >= 15 is 0 Å². The molecular formula is C22H25N3O2S. The first-order valence-electron chi connectivity index (χ1n) is 9.58. The summed E-state index contributed by atoms with van der Waals surface area (Å²) >= 11 is 1.51. The molecule has 1 aliphatic carbocycles. The minimum Gasteiger partial charge on any atom is -0.496 e. The highest BCUT2D eigenvalue weighted by atomic mass is 32.2. The SMILES string of the molecule is C=CCCNc1cc(NSc2ccccc2OC)cc2c1NC(=O)C21CCC1. The van der Waals surface area contributed by atoms with E-state index in [4.69, 9.17) is 4.74 Å². The van der Waals surface area contributed by atoms with Gasteiger partial charge in [0, 0.05) is 12.2 Å². The molecule has 0 unspecified atom stereocenters. The maximum absolute atomic E-state index is 12.7. The lowest BCUT2D eigenvalue weighted by atomic mass is 9.65.